The molecule has 0 saturated heterocycles. The van der Waals surface area contributed by atoms with E-state index >= 15 is 0 Å². The molecular formula is C16H17FN6O. The van der Waals surface area contributed by atoms with Gasteiger partial charge in [-0.3, -0.25) is 14.8 Å². The fourth-order valence-electron chi connectivity index (χ4n) is 2.21. The molecule has 8 heteroatoms. The minimum atomic E-state index is -0.489. The third-order valence-corrected chi connectivity index (χ3v) is 3.57. The Morgan fingerprint density at radius 3 is 2.88 bits per heavy atom. The minimum absolute atomic E-state index is 0.173. The molecular weight excluding hydrogens is 311 g/mol. The van der Waals surface area contributed by atoms with Gasteiger partial charge in [0.2, 0.25) is 5.95 Å². The molecule has 0 radical (unpaired) electrons. The zero-order chi connectivity index (χ0) is 17.1. The van der Waals surface area contributed by atoms with E-state index in [9.17, 15) is 9.18 Å². The zero-order valence-corrected chi connectivity index (χ0v) is 13.3. The van der Waals surface area contributed by atoms with E-state index in [0.29, 0.717) is 5.56 Å². The van der Waals surface area contributed by atoms with Crippen molar-refractivity contribution in [2.75, 3.05) is 5.32 Å². The van der Waals surface area contributed by atoms with Gasteiger partial charge in [0.25, 0.3) is 5.91 Å². The van der Waals surface area contributed by atoms with Crippen molar-refractivity contribution < 1.29 is 9.18 Å². The second-order valence-electron chi connectivity index (χ2n) is 5.52. The van der Waals surface area contributed by atoms with E-state index in [1.807, 2.05) is 6.92 Å². The Morgan fingerprint density at radius 2 is 2.17 bits per heavy atom. The summed E-state index contributed by atoms with van der Waals surface area (Å²) < 4.78 is 16.7. The highest BCUT2D eigenvalue weighted by molar-refractivity contribution is 5.91. The van der Waals surface area contributed by atoms with Crippen LogP contribution in [0.4, 0.5) is 10.3 Å². The summed E-state index contributed by atoms with van der Waals surface area (Å²) in [5.74, 6) is -0.407. The second kappa shape index (κ2) is 6.61. The summed E-state index contributed by atoms with van der Waals surface area (Å²) in [5, 5.41) is 10.9. The van der Waals surface area contributed by atoms with Gasteiger partial charge in [-0.05, 0) is 25.5 Å². The summed E-state index contributed by atoms with van der Waals surface area (Å²) in [6.07, 6.45) is 4.92. The van der Waals surface area contributed by atoms with Crippen LogP contribution in [-0.4, -0.2) is 30.5 Å². The van der Waals surface area contributed by atoms with Crippen molar-refractivity contribution in [2.45, 2.75) is 26.4 Å². The van der Waals surface area contributed by atoms with Crippen molar-refractivity contribution in [2.24, 2.45) is 0 Å². The van der Waals surface area contributed by atoms with Crippen molar-refractivity contribution in [1.29, 1.82) is 0 Å². The van der Waals surface area contributed by atoms with Crippen LogP contribution in [0.3, 0.4) is 0 Å². The molecule has 0 aliphatic carbocycles. The molecule has 1 unspecified atom stereocenters. The molecule has 0 saturated carbocycles. The fraction of sp³-hybridized carbons (Fsp3) is 0.250. The van der Waals surface area contributed by atoms with Crippen LogP contribution in [0.25, 0.3) is 0 Å². The lowest BCUT2D eigenvalue weighted by molar-refractivity contribution is -0.119. The van der Waals surface area contributed by atoms with Crippen LogP contribution in [0.5, 0.6) is 0 Å². The molecule has 24 heavy (non-hydrogen) atoms. The van der Waals surface area contributed by atoms with E-state index in [1.165, 1.54) is 17.1 Å². The van der Waals surface area contributed by atoms with Crippen molar-refractivity contribution >= 4 is 11.9 Å². The molecule has 124 valence electrons. The summed E-state index contributed by atoms with van der Waals surface area (Å²) in [6, 6.07) is 5.97. The molecule has 0 bridgehead atoms. The smallest absolute Gasteiger partial charge is 0.251 e. The Kier molecular flexibility index (Phi) is 4.37. The molecule has 1 aromatic carbocycles. The van der Waals surface area contributed by atoms with Crippen LogP contribution in [0.15, 0.2) is 43.0 Å². The standard InChI is InChI=1S/C16H17FN6O/c1-11-7-19-23(8-11)12(2)15(24)20-16-18-10-22(21-16)9-13-5-3-4-6-14(13)17/h3-8,10,12H,9H2,1-2H3,(H,20,21,24). The van der Waals surface area contributed by atoms with Crippen LogP contribution in [0.1, 0.15) is 24.1 Å². The summed E-state index contributed by atoms with van der Waals surface area (Å²) in [5.41, 5.74) is 1.47. The zero-order valence-electron chi connectivity index (χ0n) is 13.3. The molecule has 0 aliphatic heterocycles. The maximum atomic E-state index is 13.6. The van der Waals surface area contributed by atoms with Gasteiger partial charge in [-0.2, -0.15) is 5.10 Å². The predicted molar refractivity (Wildman–Crippen MR) is 85.8 cm³/mol. The number of hydrogen-bond acceptors (Lipinski definition) is 4. The van der Waals surface area contributed by atoms with Crippen LogP contribution in [-0.2, 0) is 11.3 Å². The highest BCUT2D eigenvalue weighted by Crippen LogP contribution is 2.11. The number of amides is 1. The van der Waals surface area contributed by atoms with Gasteiger partial charge in [-0.1, -0.05) is 18.2 Å². The third kappa shape index (κ3) is 3.48. The quantitative estimate of drug-likeness (QED) is 0.778. The normalized spacial score (nSPS) is 12.1. The number of nitrogens with one attached hydrogen (secondary N) is 1. The van der Waals surface area contributed by atoms with E-state index in [1.54, 1.807) is 42.2 Å². The lowest BCUT2D eigenvalue weighted by atomic mass is 10.2. The van der Waals surface area contributed by atoms with Gasteiger partial charge in [0.15, 0.2) is 0 Å². The van der Waals surface area contributed by atoms with E-state index in [-0.39, 0.29) is 24.2 Å². The highest BCUT2D eigenvalue weighted by atomic mass is 19.1. The van der Waals surface area contributed by atoms with Gasteiger partial charge in [0.05, 0.1) is 12.7 Å². The average Bonchev–Trinajstić information content (AvgIpc) is 3.18. The number of rotatable bonds is 5. The SMILES string of the molecule is Cc1cnn(C(C)C(=O)Nc2ncn(Cc3ccccc3F)n2)c1. The Bertz CT molecular complexity index is 856. The Morgan fingerprint density at radius 1 is 1.38 bits per heavy atom. The van der Waals surface area contributed by atoms with E-state index < -0.39 is 6.04 Å². The predicted octanol–water partition coefficient (Wildman–Crippen LogP) is 2.17. The number of benzene rings is 1. The number of hydrogen-bond donors (Lipinski definition) is 1. The Hall–Kier alpha value is -3.03. The van der Waals surface area contributed by atoms with E-state index in [0.717, 1.165) is 5.56 Å². The van der Waals surface area contributed by atoms with Gasteiger partial charge < -0.3 is 0 Å². The molecule has 1 N–H and O–H groups in total. The summed E-state index contributed by atoms with van der Waals surface area (Å²) in [7, 11) is 0. The first kappa shape index (κ1) is 15.9. The van der Waals surface area contributed by atoms with Crippen LogP contribution in [0.2, 0.25) is 0 Å². The fourth-order valence-corrected chi connectivity index (χ4v) is 2.21. The number of carbonyl (C=O) groups is 1. The molecule has 2 heterocycles. The Labute approximate surface area is 138 Å². The lowest BCUT2D eigenvalue weighted by Gasteiger charge is -2.10. The van der Waals surface area contributed by atoms with Gasteiger partial charge in [-0.25, -0.2) is 14.1 Å². The van der Waals surface area contributed by atoms with E-state index in [2.05, 4.69) is 20.5 Å². The number of nitrogens with zero attached hydrogens (tertiary/aromatic N) is 5. The largest absolute Gasteiger partial charge is 0.291 e. The lowest BCUT2D eigenvalue weighted by Crippen LogP contribution is -2.24. The molecule has 0 spiro atoms. The van der Waals surface area contributed by atoms with Crippen LogP contribution in [0, 0.1) is 12.7 Å². The number of aromatic nitrogens is 5. The van der Waals surface area contributed by atoms with Crippen molar-refractivity contribution in [1.82, 2.24) is 24.5 Å². The highest BCUT2D eigenvalue weighted by Gasteiger charge is 2.17. The minimum Gasteiger partial charge on any atom is -0.291 e. The van der Waals surface area contributed by atoms with Crippen molar-refractivity contribution in [3.05, 3.63) is 59.9 Å². The van der Waals surface area contributed by atoms with Gasteiger partial charge in [0, 0.05) is 11.8 Å². The average molecular weight is 328 g/mol. The molecule has 7 nitrogen and oxygen atoms in total. The number of carbonyl (C=O) groups excluding carboxylic acids is 1. The van der Waals surface area contributed by atoms with Crippen LogP contribution < -0.4 is 5.32 Å². The van der Waals surface area contributed by atoms with Gasteiger partial charge in [0.1, 0.15) is 18.2 Å². The summed E-state index contributed by atoms with van der Waals surface area (Å²) >= 11 is 0. The van der Waals surface area contributed by atoms with Crippen molar-refractivity contribution in [3.63, 3.8) is 0 Å². The molecule has 1 amide bonds. The third-order valence-electron chi connectivity index (χ3n) is 3.57. The Balaban J connectivity index is 1.65. The second-order valence-corrected chi connectivity index (χ2v) is 5.52. The molecule has 0 fully saturated rings. The number of anilines is 1. The number of halogens is 1. The maximum absolute atomic E-state index is 13.6. The van der Waals surface area contributed by atoms with Gasteiger partial charge in [-0.15, -0.1) is 5.10 Å². The molecule has 2 aromatic heterocycles. The maximum Gasteiger partial charge on any atom is 0.251 e. The van der Waals surface area contributed by atoms with E-state index in [4.69, 9.17) is 0 Å². The molecule has 3 aromatic rings. The van der Waals surface area contributed by atoms with Gasteiger partial charge >= 0.3 is 0 Å². The van der Waals surface area contributed by atoms with Crippen molar-refractivity contribution in [3.8, 4) is 0 Å². The first-order chi connectivity index (χ1) is 11.5. The molecule has 0 aliphatic rings. The topological polar surface area (TPSA) is 77.6 Å². The summed E-state index contributed by atoms with van der Waals surface area (Å²) in [4.78, 5) is 16.3. The summed E-state index contributed by atoms with van der Waals surface area (Å²) in [6.45, 7) is 3.88. The monoisotopic (exact) mass is 328 g/mol. The van der Waals surface area contributed by atoms with Crippen LogP contribution >= 0.6 is 0 Å². The number of aryl methyl sites for hydroxylation is 1. The first-order valence-corrected chi connectivity index (χ1v) is 7.47. The molecule has 3 rings (SSSR count). The first-order valence-electron chi connectivity index (χ1n) is 7.47. The molecule has 1 atom stereocenters.